The summed E-state index contributed by atoms with van der Waals surface area (Å²) in [6.45, 7) is 1.95. The zero-order valence-corrected chi connectivity index (χ0v) is 13.4. The molecule has 114 valence electrons. The summed E-state index contributed by atoms with van der Waals surface area (Å²) in [5, 5.41) is 6.82. The van der Waals surface area contributed by atoms with Gasteiger partial charge in [-0.2, -0.15) is 0 Å². The number of anilines is 1. The van der Waals surface area contributed by atoms with Gasteiger partial charge < -0.3 is 15.4 Å². The first-order valence-corrected chi connectivity index (χ1v) is 7.51. The van der Waals surface area contributed by atoms with Gasteiger partial charge in [0.25, 0.3) is 0 Å². The number of hydrogen-bond donors (Lipinski definition) is 2. The van der Waals surface area contributed by atoms with E-state index in [0.29, 0.717) is 17.5 Å². The third-order valence-electron chi connectivity index (χ3n) is 3.48. The van der Waals surface area contributed by atoms with Crippen molar-refractivity contribution in [2.75, 3.05) is 25.5 Å². The molecule has 1 unspecified atom stereocenters. The van der Waals surface area contributed by atoms with Crippen molar-refractivity contribution < 1.29 is 9.53 Å². The predicted octanol–water partition coefficient (Wildman–Crippen LogP) is 2.66. The van der Waals surface area contributed by atoms with Gasteiger partial charge >= 0.3 is 0 Å². The van der Waals surface area contributed by atoms with Crippen LogP contribution in [0.25, 0.3) is 10.2 Å². The van der Waals surface area contributed by atoms with Gasteiger partial charge in [0.1, 0.15) is 5.75 Å². The summed E-state index contributed by atoms with van der Waals surface area (Å²) in [6, 6.07) is 5.71. The quantitative estimate of drug-likeness (QED) is 0.906. The molecule has 0 spiro atoms. The summed E-state index contributed by atoms with van der Waals surface area (Å²) in [6.07, 6.45) is 1.64. The third kappa shape index (κ3) is 3.84. The Morgan fingerprint density at radius 1 is 1.57 bits per heavy atom. The normalized spacial score (nSPS) is 17.5. The van der Waals surface area contributed by atoms with Crippen LogP contribution in [0.3, 0.4) is 0 Å². The fourth-order valence-electron chi connectivity index (χ4n) is 2.41. The van der Waals surface area contributed by atoms with Gasteiger partial charge in [-0.3, -0.25) is 4.79 Å². The Labute approximate surface area is 133 Å². The third-order valence-corrected chi connectivity index (χ3v) is 4.41. The van der Waals surface area contributed by atoms with Crippen LogP contribution in [0.5, 0.6) is 5.75 Å². The summed E-state index contributed by atoms with van der Waals surface area (Å²) < 4.78 is 6.20. The van der Waals surface area contributed by atoms with Crippen molar-refractivity contribution in [2.24, 2.45) is 5.92 Å². The van der Waals surface area contributed by atoms with E-state index in [1.807, 2.05) is 18.2 Å². The van der Waals surface area contributed by atoms with Crippen LogP contribution >= 0.6 is 23.7 Å². The van der Waals surface area contributed by atoms with Crippen LogP contribution in [0.15, 0.2) is 18.2 Å². The highest BCUT2D eigenvalue weighted by atomic mass is 35.5. The fourth-order valence-corrected chi connectivity index (χ4v) is 3.32. The number of ether oxygens (including phenoxy) is 1. The van der Waals surface area contributed by atoms with E-state index >= 15 is 0 Å². The second kappa shape index (κ2) is 7.06. The first kappa shape index (κ1) is 16.0. The molecule has 1 atom stereocenters. The summed E-state index contributed by atoms with van der Waals surface area (Å²) in [5.41, 5.74) is 0.883. The first-order chi connectivity index (χ1) is 9.74. The Balaban J connectivity index is 0.00000161. The van der Waals surface area contributed by atoms with E-state index in [4.69, 9.17) is 4.74 Å². The summed E-state index contributed by atoms with van der Waals surface area (Å²) in [5.74, 6) is 1.30. The van der Waals surface area contributed by atoms with Gasteiger partial charge in [0.05, 0.1) is 17.3 Å². The molecule has 1 aliphatic heterocycles. The predicted molar refractivity (Wildman–Crippen MR) is 87.6 cm³/mol. The van der Waals surface area contributed by atoms with Crippen molar-refractivity contribution in [3.8, 4) is 5.75 Å². The zero-order chi connectivity index (χ0) is 13.9. The smallest absolute Gasteiger partial charge is 0.226 e. The molecule has 21 heavy (non-hydrogen) atoms. The molecule has 2 aromatic rings. The van der Waals surface area contributed by atoms with Crippen molar-refractivity contribution in [1.82, 2.24) is 10.3 Å². The van der Waals surface area contributed by atoms with Crippen molar-refractivity contribution in [1.29, 1.82) is 0 Å². The van der Waals surface area contributed by atoms with Crippen LogP contribution in [0, 0.1) is 5.92 Å². The molecule has 0 radical (unpaired) electrons. The highest BCUT2D eigenvalue weighted by molar-refractivity contribution is 7.22. The number of aromatic nitrogens is 1. The number of amides is 1. The van der Waals surface area contributed by atoms with E-state index in [1.54, 1.807) is 7.11 Å². The molecule has 1 aliphatic rings. The molecule has 0 bridgehead atoms. The lowest BCUT2D eigenvalue weighted by atomic mass is 10.1. The van der Waals surface area contributed by atoms with Gasteiger partial charge in [-0.15, -0.1) is 12.4 Å². The van der Waals surface area contributed by atoms with Gasteiger partial charge in [0.15, 0.2) is 5.13 Å². The molecule has 1 aromatic heterocycles. The number of rotatable bonds is 4. The SMILES string of the molecule is COc1ccc2nc(NC(=O)CC3CCNC3)sc2c1.Cl. The topological polar surface area (TPSA) is 63.2 Å². The number of nitrogens with zero attached hydrogens (tertiary/aromatic N) is 1. The molecule has 1 fully saturated rings. The molecule has 0 saturated carbocycles. The number of thiazole rings is 1. The molecule has 1 amide bonds. The first-order valence-electron chi connectivity index (χ1n) is 6.70. The summed E-state index contributed by atoms with van der Waals surface area (Å²) >= 11 is 1.47. The number of methoxy groups -OCH3 is 1. The molecule has 0 aliphatic carbocycles. The maximum absolute atomic E-state index is 12.0. The maximum atomic E-state index is 12.0. The van der Waals surface area contributed by atoms with E-state index in [-0.39, 0.29) is 18.3 Å². The lowest BCUT2D eigenvalue weighted by Crippen LogP contribution is -2.18. The Bertz CT molecular complexity index is 626. The van der Waals surface area contributed by atoms with Crippen molar-refractivity contribution >= 4 is 45.0 Å². The summed E-state index contributed by atoms with van der Waals surface area (Å²) in [7, 11) is 1.64. The number of benzene rings is 1. The fraction of sp³-hybridized carbons (Fsp3) is 0.429. The van der Waals surface area contributed by atoms with E-state index < -0.39 is 0 Å². The van der Waals surface area contributed by atoms with Crippen molar-refractivity contribution in [3.63, 3.8) is 0 Å². The maximum Gasteiger partial charge on any atom is 0.226 e. The van der Waals surface area contributed by atoms with Crippen LogP contribution in [0.2, 0.25) is 0 Å². The Hall–Kier alpha value is -1.37. The van der Waals surface area contributed by atoms with Crippen molar-refractivity contribution in [2.45, 2.75) is 12.8 Å². The average molecular weight is 328 g/mol. The van der Waals surface area contributed by atoms with Gasteiger partial charge in [-0.05, 0) is 43.6 Å². The molecule has 1 saturated heterocycles. The minimum atomic E-state index is 0. The monoisotopic (exact) mass is 327 g/mol. The molecule has 2 heterocycles. The summed E-state index contributed by atoms with van der Waals surface area (Å²) in [4.78, 5) is 16.4. The number of nitrogens with one attached hydrogen (secondary N) is 2. The van der Waals surface area contributed by atoms with Gasteiger partial charge in [-0.1, -0.05) is 11.3 Å². The molecule has 2 N–H and O–H groups in total. The second-order valence-corrected chi connectivity index (χ2v) is 5.99. The zero-order valence-electron chi connectivity index (χ0n) is 11.7. The van der Waals surface area contributed by atoms with Crippen LogP contribution in [0.4, 0.5) is 5.13 Å². The van der Waals surface area contributed by atoms with E-state index in [2.05, 4.69) is 15.6 Å². The van der Waals surface area contributed by atoms with E-state index in [0.717, 1.165) is 35.5 Å². The average Bonchev–Trinajstić information content (AvgIpc) is 3.06. The highest BCUT2D eigenvalue weighted by Gasteiger charge is 2.18. The van der Waals surface area contributed by atoms with Gasteiger partial charge in [-0.25, -0.2) is 4.98 Å². The van der Waals surface area contributed by atoms with Gasteiger partial charge in [0.2, 0.25) is 5.91 Å². The standard InChI is InChI=1S/C14H17N3O2S.ClH/c1-19-10-2-3-11-12(7-10)20-14(16-11)17-13(18)6-9-4-5-15-8-9;/h2-3,7,9,15H,4-6,8H2,1H3,(H,16,17,18);1H. The molecule has 7 heteroatoms. The molecular formula is C14H18ClN3O2S. The van der Waals surface area contributed by atoms with Crippen LogP contribution in [-0.4, -0.2) is 31.1 Å². The Morgan fingerprint density at radius 3 is 3.14 bits per heavy atom. The molecule has 1 aromatic carbocycles. The molecule has 5 nitrogen and oxygen atoms in total. The number of carbonyl (C=O) groups excluding carboxylic acids is 1. The van der Waals surface area contributed by atoms with Crippen LogP contribution < -0.4 is 15.4 Å². The lowest BCUT2D eigenvalue weighted by Gasteiger charge is -2.06. The number of fused-ring (bicyclic) bond motifs is 1. The van der Waals surface area contributed by atoms with E-state index in [9.17, 15) is 4.79 Å². The number of halogens is 1. The molecular weight excluding hydrogens is 310 g/mol. The second-order valence-electron chi connectivity index (χ2n) is 4.96. The molecule has 3 rings (SSSR count). The van der Waals surface area contributed by atoms with E-state index in [1.165, 1.54) is 11.3 Å². The Kier molecular flexibility index (Phi) is 5.39. The highest BCUT2D eigenvalue weighted by Crippen LogP contribution is 2.29. The van der Waals surface area contributed by atoms with Crippen LogP contribution in [0.1, 0.15) is 12.8 Å². The lowest BCUT2D eigenvalue weighted by molar-refractivity contribution is -0.116. The minimum absolute atomic E-state index is 0. The van der Waals surface area contributed by atoms with Crippen molar-refractivity contribution in [3.05, 3.63) is 18.2 Å². The van der Waals surface area contributed by atoms with Crippen LogP contribution in [-0.2, 0) is 4.79 Å². The van der Waals surface area contributed by atoms with Gasteiger partial charge in [0, 0.05) is 6.42 Å². The number of carbonyl (C=O) groups is 1. The minimum Gasteiger partial charge on any atom is -0.497 e. The number of hydrogen-bond acceptors (Lipinski definition) is 5. The largest absolute Gasteiger partial charge is 0.497 e. The Morgan fingerprint density at radius 2 is 2.43 bits per heavy atom.